The molecule has 5 nitrogen and oxygen atoms in total. The summed E-state index contributed by atoms with van der Waals surface area (Å²) in [5.41, 5.74) is 6.73. The van der Waals surface area contributed by atoms with Crippen molar-refractivity contribution in [3.05, 3.63) is 65.7 Å². The number of hydrogen-bond donors (Lipinski definition) is 1. The average molecular weight is 411 g/mol. The van der Waals surface area contributed by atoms with Gasteiger partial charge in [-0.2, -0.15) is 0 Å². The highest BCUT2D eigenvalue weighted by Crippen LogP contribution is 2.19. The Labute approximate surface area is 167 Å². The molecule has 2 rings (SSSR count). The third kappa shape index (κ3) is 6.34. The van der Waals surface area contributed by atoms with Crippen molar-refractivity contribution >= 4 is 28.2 Å². The predicted octanol–water partition coefficient (Wildman–Crippen LogP) is 3.14. The minimum absolute atomic E-state index is 0. The van der Waals surface area contributed by atoms with Crippen LogP contribution in [-0.2, 0) is 15.6 Å². The molecule has 2 aromatic rings. The van der Waals surface area contributed by atoms with Gasteiger partial charge in [0.1, 0.15) is 0 Å². The largest absolute Gasteiger partial charge is 0.341 e. The number of hydrogen-bond acceptors (Lipinski definition) is 4. The summed E-state index contributed by atoms with van der Waals surface area (Å²) >= 11 is 0. The molecule has 0 saturated heterocycles. The van der Waals surface area contributed by atoms with Crippen LogP contribution in [-0.4, -0.2) is 39.4 Å². The molecule has 7 heteroatoms. The zero-order valence-electron chi connectivity index (χ0n) is 15.9. The first-order chi connectivity index (χ1) is 12.1. The molecule has 0 aliphatic heterocycles. The molecule has 0 saturated carbocycles. The second kappa shape index (κ2) is 9.35. The van der Waals surface area contributed by atoms with Crippen LogP contribution in [0.25, 0.3) is 0 Å². The van der Waals surface area contributed by atoms with Crippen molar-refractivity contribution in [1.29, 1.82) is 0 Å². The third-order valence-corrected chi connectivity index (χ3v) is 5.93. The topological polar surface area (TPSA) is 80.5 Å². The minimum atomic E-state index is -3.45. The fourth-order valence-corrected chi connectivity index (χ4v) is 4.03. The third-order valence-electron chi connectivity index (χ3n) is 4.22. The maximum Gasteiger partial charge on any atom is 0.253 e. The predicted molar refractivity (Wildman–Crippen MR) is 111 cm³/mol. The Morgan fingerprint density at radius 2 is 1.59 bits per heavy atom. The minimum Gasteiger partial charge on any atom is -0.341 e. The summed E-state index contributed by atoms with van der Waals surface area (Å²) in [6.45, 7) is 4.99. The second-order valence-corrected chi connectivity index (χ2v) is 9.29. The summed E-state index contributed by atoms with van der Waals surface area (Å²) in [5.74, 6) is -0.218. The molecular weight excluding hydrogens is 384 g/mol. The average Bonchev–Trinajstić information content (AvgIpc) is 2.61. The van der Waals surface area contributed by atoms with E-state index in [2.05, 4.69) is 0 Å². The molecule has 0 unspecified atom stereocenters. The van der Waals surface area contributed by atoms with Crippen molar-refractivity contribution in [2.24, 2.45) is 11.1 Å². The molecule has 27 heavy (non-hydrogen) atoms. The molecule has 2 N–H and O–H groups in total. The van der Waals surface area contributed by atoms with E-state index in [1.54, 1.807) is 36.2 Å². The number of sulfone groups is 1. The van der Waals surface area contributed by atoms with Crippen LogP contribution in [0, 0.1) is 5.41 Å². The molecule has 0 spiro atoms. The van der Waals surface area contributed by atoms with Crippen molar-refractivity contribution in [3.8, 4) is 0 Å². The van der Waals surface area contributed by atoms with E-state index in [-0.39, 0.29) is 34.4 Å². The molecule has 148 valence electrons. The molecule has 1 amide bonds. The lowest BCUT2D eigenvalue weighted by atomic mass is 9.93. The van der Waals surface area contributed by atoms with Gasteiger partial charge >= 0.3 is 0 Å². The van der Waals surface area contributed by atoms with Crippen LogP contribution in [0.4, 0.5) is 0 Å². The van der Waals surface area contributed by atoms with Crippen molar-refractivity contribution < 1.29 is 13.2 Å². The zero-order valence-corrected chi connectivity index (χ0v) is 17.5. The van der Waals surface area contributed by atoms with E-state index < -0.39 is 9.84 Å². The van der Waals surface area contributed by atoms with E-state index in [1.807, 2.05) is 32.0 Å². The highest BCUT2D eigenvalue weighted by atomic mass is 35.5. The number of halogens is 1. The first kappa shape index (κ1) is 23.1. The fourth-order valence-electron chi connectivity index (χ4n) is 2.68. The van der Waals surface area contributed by atoms with Gasteiger partial charge in [0.25, 0.3) is 5.91 Å². The van der Waals surface area contributed by atoms with Crippen LogP contribution < -0.4 is 5.73 Å². The Balaban J connectivity index is 0.00000364. The maximum atomic E-state index is 12.5. The van der Waals surface area contributed by atoms with E-state index in [9.17, 15) is 13.2 Å². The van der Waals surface area contributed by atoms with Crippen LogP contribution in [0.2, 0.25) is 0 Å². The molecule has 0 aliphatic carbocycles. The fraction of sp³-hybridized carbons (Fsp3) is 0.350. The number of benzene rings is 2. The van der Waals surface area contributed by atoms with Crippen LogP contribution in [0.15, 0.2) is 59.5 Å². The van der Waals surface area contributed by atoms with Crippen molar-refractivity contribution in [3.63, 3.8) is 0 Å². The number of carbonyl (C=O) groups excluding carboxylic acids is 1. The van der Waals surface area contributed by atoms with Crippen molar-refractivity contribution in [2.75, 3.05) is 20.1 Å². The molecule has 0 aromatic heterocycles. The lowest BCUT2D eigenvalue weighted by molar-refractivity contribution is 0.0740. The summed E-state index contributed by atoms with van der Waals surface area (Å²) in [4.78, 5) is 14.3. The van der Waals surface area contributed by atoms with E-state index in [0.717, 1.165) is 5.56 Å². The molecular formula is C20H27ClN2O3S. The van der Waals surface area contributed by atoms with Crippen molar-refractivity contribution in [1.82, 2.24) is 4.90 Å². The number of carbonyl (C=O) groups is 1. The van der Waals surface area contributed by atoms with E-state index in [0.29, 0.717) is 18.7 Å². The Hall–Kier alpha value is -1.89. The summed E-state index contributed by atoms with van der Waals surface area (Å²) in [7, 11) is -1.73. The number of nitrogens with zero attached hydrogens (tertiary/aromatic N) is 1. The molecule has 0 fully saturated rings. The zero-order chi connectivity index (χ0) is 19.4. The highest BCUT2D eigenvalue weighted by molar-refractivity contribution is 7.90. The van der Waals surface area contributed by atoms with Gasteiger partial charge in [-0.15, -0.1) is 12.4 Å². The molecule has 0 aliphatic rings. The van der Waals surface area contributed by atoms with Gasteiger partial charge in [-0.05, 0) is 41.8 Å². The first-order valence-electron chi connectivity index (χ1n) is 8.47. The van der Waals surface area contributed by atoms with Gasteiger partial charge in [0, 0.05) is 19.2 Å². The van der Waals surface area contributed by atoms with Crippen LogP contribution in [0.3, 0.4) is 0 Å². The van der Waals surface area contributed by atoms with E-state index in [4.69, 9.17) is 5.73 Å². The number of rotatable bonds is 7. The quantitative estimate of drug-likeness (QED) is 0.760. The van der Waals surface area contributed by atoms with Gasteiger partial charge in [-0.1, -0.05) is 44.2 Å². The summed E-state index contributed by atoms with van der Waals surface area (Å²) < 4.78 is 25.1. The molecule has 0 radical (unpaired) electrons. The van der Waals surface area contributed by atoms with Crippen LogP contribution >= 0.6 is 12.4 Å². The lowest BCUT2D eigenvalue weighted by Gasteiger charge is -2.29. The lowest BCUT2D eigenvalue weighted by Crippen LogP contribution is -2.39. The first-order valence-corrected chi connectivity index (χ1v) is 10.1. The molecule has 0 atom stereocenters. The Bertz CT molecular complexity index is 851. The second-order valence-electron chi connectivity index (χ2n) is 7.30. The Kier molecular flexibility index (Phi) is 8.02. The Morgan fingerprint density at radius 3 is 2.11 bits per heavy atom. The van der Waals surface area contributed by atoms with E-state index in [1.165, 1.54) is 12.1 Å². The van der Waals surface area contributed by atoms with Gasteiger partial charge in [0.2, 0.25) is 0 Å². The maximum absolute atomic E-state index is 12.5. The normalized spacial score (nSPS) is 11.6. The smallest absolute Gasteiger partial charge is 0.253 e. The van der Waals surface area contributed by atoms with E-state index >= 15 is 0 Å². The summed E-state index contributed by atoms with van der Waals surface area (Å²) in [5, 5.41) is 0. The molecule has 2 aromatic carbocycles. The standard InChI is InChI=1S/C20H26N2O3S.ClH/c1-20(2,14-21)15-22(3)19(23)17-9-11-18(12-10-17)26(24,25)13-16-7-5-4-6-8-16;/h4-12H,13-15,21H2,1-3H3;1H. The van der Waals surface area contributed by atoms with Gasteiger partial charge in [-0.3, -0.25) is 4.79 Å². The van der Waals surface area contributed by atoms with Crippen LogP contribution in [0.1, 0.15) is 29.8 Å². The summed E-state index contributed by atoms with van der Waals surface area (Å²) in [6.07, 6.45) is 0. The van der Waals surface area contributed by atoms with Gasteiger partial charge in [0.15, 0.2) is 9.84 Å². The number of nitrogens with two attached hydrogens (primary N) is 1. The van der Waals surface area contributed by atoms with Gasteiger partial charge < -0.3 is 10.6 Å². The molecule has 0 bridgehead atoms. The monoisotopic (exact) mass is 410 g/mol. The Morgan fingerprint density at radius 1 is 1.04 bits per heavy atom. The van der Waals surface area contributed by atoms with Gasteiger partial charge in [-0.25, -0.2) is 8.42 Å². The molecule has 0 heterocycles. The summed E-state index contributed by atoms with van der Waals surface area (Å²) in [6, 6.07) is 15.1. The van der Waals surface area contributed by atoms with Crippen LogP contribution in [0.5, 0.6) is 0 Å². The number of amides is 1. The van der Waals surface area contributed by atoms with Gasteiger partial charge in [0.05, 0.1) is 10.6 Å². The highest BCUT2D eigenvalue weighted by Gasteiger charge is 2.22. The SMILES string of the molecule is CN(CC(C)(C)CN)C(=O)c1ccc(S(=O)(=O)Cc2ccccc2)cc1.Cl. The van der Waals surface area contributed by atoms with Crippen molar-refractivity contribution in [2.45, 2.75) is 24.5 Å².